The summed E-state index contributed by atoms with van der Waals surface area (Å²) in [5.74, 6) is -1.14. The number of pyridine rings is 2. The van der Waals surface area contributed by atoms with E-state index in [2.05, 4.69) is 10.6 Å². The molecule has 12 heteroatoms. The van der Waals surface area contributed by atoms with Crippen molar-refractivity contribution < 1.29 is 28.6 Å². The van der Waals surface area contributed by atoms with Gasteiger partial charge in [0.05, 0.1) is 48.7 Å². The van der Waals surface area contributed by atoms with E-state index in [1.165, 1.54) is 6.07 Å². The fourth-order valence-corrected chi connectivity index (χ4v) is 6.40. The van der Waals surface area contributed by atoms with E-state index in [0.717, 1.165) is 22.1 Å². The van der Waals surface area contributed by atoms with Gasteiger partial charge < -0.3 is 35.5 Å². The number of rotatable bonds is 7. The van der Waals surface area contributed by atoms with E-state index < -0.39 is 23.6 Å². The maximum Gasteiger partial charge on any atom is 0.257 e. The molecule has 0 fully saturated rings. The highest BCUT2D eigenvalue weighted by molar-refractivity contribution is 5.93. The van der Waals surface area contributed by atoms with Gasteiger partial charge >= 0.3 is 0 Å². The number of halogens is 1. The predicted molar refractivity (Wildman–Crippen MR) is 151 cm³/mol. The zero-order chi connectivity index (χ0) is 29.9. The molecule has 11 nitrogen and oxygen atoms in total. The van der Waals surface area contributed by atoms with Crippen molar-refractivity contribution in [1.82, 2.24) is 20.2 Å². The molecule has 0 radical (unpaired) electrons. The first-order valence-electron chi connectivity index (χ1n) is 14.2. The van der Waals surface area contributed by atoms with Crippen LogP contribution in [0.15, 0.2) is 16.9 Å². The molecule has 0 spiro atoms. The highest BCUT2D eigenvalue weighted by Gasteiger charge is 2.40. The summed E-state index contributed by atoms with van der Waals surface area (Å²) in [7, 11) is 0. The van der Waals surface area contributed by atoms with Crippen molar-refractivity contribution in [3.8, 4) is 11.4 Å². The Morgan fingerprint density at radius 3 is 2.86 bits per heavy atom. The largest absolute Gasteiger partial charge is 0.383 e. The van der Waals surface area contributed by atoms with Crippen LogP contribution < -0.4 is 21.9 Å². The van der Waals surface area contributed by atoms with Crippen molar-refractivity contribution in [3.63, 3.8) is 0 Å². The molecule has 2 amide bonds. The van der Waals surface area contributed by atoms with Crippen molar-refractivity contribution in [2.75, 3.05) is 19.9 Å². The third-order valence-electron chi connectivity index (χ3n) is 8.74. The van der Waals surface area contributed by atoms with Crippen LogP contribution >= 0.6 is 0 Å². The Hall–Kier alpha value is -3.71. The minimum Gasteiger partial charge on any atom is -0.383 e. The lowest BCUT2D eigenvalue weighted by atomic mass is 9.81. The Labute approximate surface area is 241 Å². The van der Waals surface area contributed by atoms with Crippen LogP contribution in [0, 0.1) is 12.7 Å². The van der Waals surface area contributed by atoms with Gasteiger partial charge in [0.25, 0.3) is 5.56 Å². The average molecular weight is 580 g/mol. The lowest BCUT2D eigenvalue weighted by Crippen LogP contribution is -2.40. The molecule has 5 N–H and O–H groups in total. The Balaban J connectivity index is 1.41. The molecule has 3 atom stereocenters. The molecular weight excluding hydrogens is 545 g/mol. The molecule has 42 heavy (non-hydrogen) atoms. The number of benzene rings is 1. The summed E-state index contributed by atoms with van der Waals surface area (Å²) < 4.78 is 27.6. The number of fused-ring (bicyclic) bond motifs is 5. The van der Waals surface area contributed by atoms with Gasteiger partial charge in [0.1, 0.15) is 24.8 Å². The van der Waals surface area contributed by atoms with E-state index >= 15 is 4.39 Å². The minimum absolute atomic E-state index is 0.0849. The standard InChI is InChI=1S/C30H34FN5O6/c1-4-30(40)12-41-10-18-19(30)7-23-27-17(9-36(23)29(18)39)26-21(34-24(37)11-42-13-33-28(38)15(3)32)6-5-16-14(2)20(31)8-22(35-27)25(16)26/h7-8,15,21,40H,4-6,9-13,32H2,1-3H3,(H,33,38)(H,34,37)/t15-,21-,30+/m0/s1. The number of aliphatic hydroxyl groups is 1. The predicted octanol–water partition coefficient (Wildman–Crippen LogP) is 1.54. The summed E-state index contributed by atoms with van der Waals surface area (Å²) >= 11 is 0. The van der Waals surface area contributed by atoms with Crippen LogP contribution in [0.3, 0.4) is 0 Å². The molecule has 0 unspecified atom stereocenters. The minimum atomic E-state index is -1.30. The SMILES string of the molecule is CC[C@@]1(O)COCc2c1cc1n(c2=O)Cc2c-1nc1cc(F)c(C)c3c1c2[C@@H](NC(=O)COCNC(=O)[C@H](C)N)CC3. The first-order chi connectivity index (χ1) is 20.0. The number of aryl methyl sites for hydroxylation is 1. The van der Waals surface area contributed by atoms with Crippen molar-refractivity contribution in [2.24, 2.45) is 5.73 Å². The van der Waals surface area contributed by atoms with Crippen LogP contribution in [-0.4, -0.2) is 52.5 Å². The normalized spacial score (nSPS) is 21.0. The number of nitrogens with one attached hydrogen (secondary N) is 2. The zero-order valence-corrected chi connectivity index (χ0v) is 23.8. The molecule has 0 bridgehead atoms. The second kappa shape index (κ2) is 10.5. The first kappa shape index (κ1) is 28.4. The summed E-state index contributed by atoms with van der Waals surface area (Å²) in [5.41, 5.74) is 9.41. The van der Waals surface area contributed by atoms with Gasteiger partial charge in [-0.3, -0.25) is 14.4 Å². The maximum atomic E-state index is 15.1. The maximum absolute atomic E-state index is 15.1. The van der Waals surface area contributed by atoms with E-state index in [1.807, 2.05) is 13.0 Å². The Morgan fingerprint density at radius 1 is 1.33 bits per heavy atom. The van der Waals surface area contributed by atoms with Gasteiger partial charge in [-0.2, -0.15) is 0 Å². The van der Waals surface area contributed by atoms with E-state index in [-0.39, 0.29) is 50.4 Å². The molecule has 1 aliphatic carbocycles. The number of carbonyl (C=O) groups is 2. The van der Waals surface area contributed by atoms with E-state index in [4.69, 9.17) is 20.2 Å². The summed E-state index contributed by atoms with van der Waals surface area (Å²) in [4.78, 5) is 43.2. The van der Waals surface area contributed by atoms with Gasteiger partial charge in [-0.05, 0) is 61.4 Å². The monoisotopic (exact) mass is 579 g/mol. The van der Waals surface area contributed by atoms with Crippen molar-refractivity contribution >= 4 is 22.7 Å². The second-order valence-corrected chi connectivity index (χ2v) is 11.4. The molecule has 0 saturated heterocycles. The second-order valence-electron chi connectivity index (χ2n) is 11.4. The van der Waals surface area contributed by atoms with E-state index in [9.17, 15) is 19.5 Å². The number of hydrogen-bond donors (Lipinski definition) is 4. The van der Waals surface area contributed by atoms with Gasteiger partial charge in [0.2, 0.25) is 11.8 Å². The molecule has 0 saturated carbocycles. The van der Waals surface area contributed by atoms with Gasteiger partial charge in [-0.15, -0.1) is 0 Å². The number of aromatic nitrogens is 2. The van der Waals surface area contributed by atoms with Crippen LogP contribution in [0.5, 0.6) is 0 Å². The number of amides is 2. The molecule has 6 rings (SSSR count). The summed E-state index contributed by atoms with van der Waals surface area (Å²) in [6.07, 6.45) is 1.41. The molecule has 4 heterocycles. The number of carbonyl (C=O) groups excluding carboxylic acids is 2. The van der Waals surface area contributed by atoms with Crippen LogP contribution in [-0.2, 0) is 44.2 Å². The van der Waals surface area contributed by atoms with Gasteiger partial charge in [0.15, 0.2) is 0 Å². The lowest BCUT2D eigenvalue weighted by Gasteiger charge is -2.33. The van der Waals surface area contributed by atoms with Crippen molar-refractivity contribution in [1.29, 1.82) is 0 Å². The van der Waals surface area contributed by atoms with Gasteiger partial charge in [-0.1, -0.05) is 6.92 Å². The quantitative estimate of drug-likeness (QED) is 0.190. The summed E-state index contributed by atoms with van der Waals surface area (Å²) in [5, 5.41) is 17.6. The lowest BCUT2D eigenvalue weighted by molar-refractivity contribution is -0.130. The van der Waals surface area contributed by atoms with Crippen LogP contribution in [0.25, 0.3) is 22.3 Å². The van der Waals surface area contributed by atoms with Gasteiger partial charge in [0, 0.05) is 22.6 Å². The molecule has 2 aliphatic heterocycles. The summed E-state index contributed by atoms with van der Waals surface area (Å²) in [6.45, 7) is 5.09. The van der Waals surface area contributed by atoms with Crippen LogP contribution in [0.2, 0.25) is 0 Å². The highest BCUT2D eigenvalue weighted by Crippen LogP contribution is 2.45. The Kier molecular flexibility index (Phi) is 7.12. The average Bonchev–Trinajstić information content (AvgIpc) is 3.33. The number of nitrogens with two attached hydrogens (primary N) is 1. The summed E-state index contributed by atoms with van der Waals surface area (Å²) in [6, 6.07) is 2.08. The molecular formula is C30H34FN5O6. The topological polar surface area (TPSA) is 158 Å². The molecule has 1 aromatic carbocycles. The molecule has 3 aliphatic rings. The van der Waals surface area contributed by atoms with Crippen LogP contribution in [0.4, 0.5) is 4.39 Å². The van der Waals surface area contributed by atoms with E-state index in [1.54, 1.807) is 18.4 Å². The third kappa shape index (κ3) is 4.49. The fourth-order valence-electron chi connectivity index (χ4n) is 6.40. The number of nitrogens with zero attached hydrogens (tertiary/aromatic N) is 2. The zero-order valence-electron chi connectivity index (χ0n) is 23.8. The number of hydrogen-bond acceptors (Lipinski definition) is 8. The Bertz CT molecular complexity index is 1700. The number of ether oxygens (including phenoxy) is 2. The fraction of sp³-hybridized carbons (Fsp3) is 0.467. The Morgan fingerprint density at radius 2 is 2.12 bits per heavy atom. The van der Waals surface area contributed by atoms with Crippen molar-refractivity contribution in [3.05, 3.63) is 61.7 Å². The molecule has 2 aromatic heterocycles. The van der Waals surface area contributed by atoms with Crippen molar-refractivity contribution in [2.45, 2.75) is 70.9 Å². The first-order valence-corrected chi connectivity index (χ1v) is 14.2. The smallest absolute Gasteiger partial charge is 0.257 e. The molecule has 222 valence electrons. The van der Waals surface area contributed by atoms with E-state index in [0.29, 0.717) is 52.9 Å². The van der Waals surface area contributed by atoms with Crippen LogP contribution in [0.1, 0.15) is 66.1 Å². The highest BCUT2D eigenvalue weighted by atomic mass is 19.1. The molecule has 3 aromatic rings. The van der Waals surface area contributed by atoms with Gasteiger partial charge in [-0.25, -0.2) is 9.37 Å². The third-order valence-corrected chi connectivity index (χ3v) is 8.74.